The van der Waals surface area contributed by atoms with Crippen LogP contribution in [0.4, 0.5) is 0 Å². The molecule has 1 amide bonds. The number of amides is 1. The third-order valence-electron chi connectivity index (χ3n) is 3.57. The van der Waals surface area contributed by atoms with Crippen LogP contribution in [-0.2, 0) is 11.2 Å². The van der Waals surface area contributed by atoms with Gasteiger partial charge in [-0.25, -0.2) is 0 Å². The Labute approximate surface area is 113 Å². The summed E-state index contributed by atoms with van der Waals surface area (Å²) in [7, 11) is 1.81. The van der Waals surface area contributed by atoms with Crippen molar-refractivity contribution in [2.24, 2.45) is 5.73 Å². The van der Waals surface area contributed by atoms with E-state index in [4.69, 9.17) is 5.73 Å². The molecule has 102 valence electrons. The maximum Gasteiger partial charge on any atom is 0.239 e. The number of nitrogens with zero attached hydrogens (tertiary/aromatic N) is 2. The molecule has 0 aliphatic heterocycles. The van der Waals surface area contributed by atoms with Crippen LogP contribution < -0.4 is 5.73 Å². The second-order valence-electron chi connectivity index (χ2n) is 5.13. The Balaban J connectivity index is 2.14. The van der Waals surface area contributed by atoms with E-state index in [0.717, 1.165) is 6.42 Å². The Hall–Kier alpha value is -1.81. The van der Waals surface area contributed by atoms with E-state index < -0.39 is 6.04 Å². The number of aromatic nitrogens is 1. The van der Waals surface area contributed by atoms with Crippen molar-refractivity contribution < 1.29 is 4.79 Å². The predicted molar refractivity (Wildman–Crippen MR) is 77.0 cm³/mol. The number of likely N-dealkylation sites (N-methyl/N-ethyl adjacent to an activating group) is 1. The predicted octanol–water partition coefficient (Wildman–Crippen LogP) is 1.68. The zero-order chi connectivity index (χ0) is 14.0. The summed E-state index contributed by atoms with van der Waals surface area (Å²) in [6.07, 6.45) is 4.90. The molecule has 2 atom stereocenters. The average molecular weight is 259 g/mol. The molecule has 2 aromatic rings. The molecule has 19 heavy (non-hydrogen) atoms. The van der Waals surface area contributed by atoms with Crippen molar-refractivity contribution in [1.29, 1.82) is 0 Å². The van der Waals surface area contributed by atoms with Crippen LogP contribution in [0, 0.1) is 0 Å². The Morgan fingerprint density at radius 1 is 1.32 bits per heavy atom. The van der Waals surface area contributed by atoms with Gasteiger partial charge in [0.25, 0.3) is 0 Å². The number of pyridine rings is 1. The van der Waals surface area contributed by atoms with Gasteiger partial charge in [0.2, 0.25) is 5.91 Å². The molecule has 4 heteroatoms. The molecule has 0 saturated heterocycles. The van der Waals surface area contributed by atoms with Gasteiger partial charge in [0.15, 0.2) is 0 Å². The lowest BCUT2D eigenvalue weighted by Gasteiger charge is -2.26. The summed E-state index contributed by atoms with van der Waals surface area (Å²) in [4.78, 5) is 13.6. The van der Waals surface area contributed by atoms with Crippen molar-refractivity contribution in [3.63, 3.8) is 0 Å². The van der Waals surface area contributed by atoms with Crippen LogP contribution in [0.3, 0.4) is 0 Å². The lowest BCUT2D eigenvalue weighted by atomic mass is 10.1. The van der Waals surface area contributed by atoms with Crippen molar-refractivity contribution in [2.75, 3.05) is 7.05 Å². The highest BCUT2D eigenvalue weighted by molar-refractivity contribution is 5.81. The minimum Gasteiger partial charge on any atom is -0.341 e. The molecule has 2 heterocycles. The zero-order valence-corrected chi connectivity index (χ0v) is 11.7. The summed E-state index contributed by atoms with van der Waals surface area (Å²) in [6, 6.07) is 7.92. The van der Waals surface area contributed by atoms with Crippen LogP contribution in [0.25, 0.3) is 5.52 Å². The molecule has 0 fully saturated rings. The SMILES string of the molecule is CC(Cc1ccn2ccccc12)N(C)C(=O)[C@@H](C)N. The molecule has 0 aromatic carbocycles. The second kappa shape index (κ2) is 5.45. The lowest BCUT2D eigenvalue weighted by molar-refractivity contribution is -0.132. The first-order chi connectivity index (χ1) is 9.00. The Morgan fingerprint density at radius 2 is 2.05 bits per heavy atom. The first kappa shape index (κ1) is 13.6. The van der Waals surface area contributed by atoms with Gasteiger partial charge in [0, 0.05) is 31.0 Å². The van der Waals surface area contributed by atoms with Crippen molar-refractivity contribution in [3.05, 3.63) is 42.2 Å². The van der Waals surface area contributed by atoms with E-state index in [-0.39, 0.29) is 11.9 Å². The monoisotopic (exact) mass is 259 g/mol. The van der Waals surface area contributed by atoms with Crippen LogP contribution in [0.2, 0.25) is 0 Å². The van der Waals surface area contributed by atoms with Gasteiger partial charge in [-0.3, -0.25) is 4.79 Å². The van der Waals surface area contributed by atoms with E-state index in [0.29, 0.717) is 0 Å². The van der Waals surface area contributed by atoms with Crippen molar-refractivity contribution in [2.45, 2.75) is 32.4 Å². The molecule has 2 rings (SSSR count). The van der Waals surface area contributed by atoms with Crippen LogP contribution in [0.5, 0.6) is 0 Å². The van der Waals surface area contributed by atoms with E-state index in [1.54, 1.807) is 11.8 Å². The smallest absolute Gasteiger partial charge is 0.239 e. The van der Waals surface area contributed by atoms with Gasteiger partial charge in [0.1, 0.15) is 0 Å². The summed E-state index contributed by atoms with van der Waals surface area (Å²) in [6.45, 7) is 3.77. The standard InChI is InChI=1S/C15H21N3O/c1-11(17(3)15(19)12(2)16)10-13-7-9-18-8-5-4-6-14(13)18/h4-9,11-12H,10,16H2,1-3H3/t11?,12-/m1/s1. The Bertz CT molecular complexity index is 574. The van der Waals surface area contributed by atoms with Gasteiger partial charge in [-0.05, 0) is 44.0 Å². The summed E-state index contributed by atoms with van der Waals surface area (Å²) in [5, 5.41) is 0. The van der Waals surface area contributed by atoms with E-state index in [2.05, 4.69) is 16.5 Å². The maximum atomic E-state index is 11.9. The van der Waals surface area contributed by atoms with Gasteiger partial charge in [-0.15, -0.1) is 0 Å². The average Bonchev–Trinajstić information content (AvgIpc) is 2.80. The maximum absolute atomic E-state index is 11.9. The quantitative estimate of drug-likeness (QED) is 0.908. The molecular formula is C15H21N3O. The highest BCUT2D eigenvalue weighted by atomic mass is 16.2. The molecule has 1 unspecified atom stereocenters. The molecule has 0 aliphatic rings. The number of carbonyl (C=O) groups excluding carboxylic acids is 1. The van der Waals surface area contributed by atoms with E-state index in [1.807, 2.05) is 38.5 Å². The molecule has 0 spiro atoms. The van der Waals surface area contributed by atoms with E-state index in [1.165, 1.54) is 11.1 Å². The number of nitrogens with two attached hydrogens (primary N) is 1. The highest BCUT2D eigenvalue weighted by Gasteiger charge is 2.19. The van der Waals surface area contributed by atoms with Crippen LogP contribution in [-0.4, -0.2) is 34.3 Å². The number of rotatable bonds is 4. The molecule has 2 aromatic heterocycles. The first-order valence-corrected chi connectivity index (χ1v) is 6.57. The minimum absolute atomic E-state index is 0.0176. The molecule has 0 bridgehead atoms. The van der Waals surface area contributed by atoms with Crippen molar-refractivity contribution in [1.82, 2.24) is 9.30 Å². The first-order valence-electron chi connectivity index (χ1n) is 6.57. The summed E-state index contributed by atoms with van der Waals surface area (Å²) >= 11 is 0. The van der Waals surface area contributed by atoms with Crippen LogP contribution >= 0.6 is 0 Å². The summed E-state index contributed by atoms with van der Waals surface area (Å²) in [5.41, 5.74) is 8.08. The van der Waals surface area contributed by atoms with Crippen molar-refractivity contribution in [3.8, 4) is 0 Å². The van der Waals surface area contributed by atoms with E-state index >= 15 is 0 Å². The Kier molecular flexibility index (Phi) is 3.90. The third-order valence-corrected chi connectivity index (χ3v) is 3.57. The van der Waals surface area contributed by atoms with Gasteiger partial charge < -0.3 is 15.0 Å². The lowest BCUT2D eigenvalue weighted by Crippen LogP contribution is -2.44. The molecule has 0 aliphatic carbocycles. The van der Waals surface area contributed by atoms with Gasteiger partial charge >= 0.3 is 0 Å². The summed E-state index contributed by atoms with van der Waals surface area (Å²) < 4.78 is 2.09. The van der Waals surface area contributed by atoms with E-state index in [9.17, 15) is 4.79 Å². The summed E-state index contributed by atoms with van der Waals surface area (Å²) in [5.74, 6) is -0.0176. The topological polar surface area (TPSA) is 50.7 Å². The van der Waals surface area contributed by atoms with Crippen LogP contribution in [0.15, 0.2) is 36.7 Å². The number of carbonyl (C=O) groups is 1. The molecule has 0 saturated carbocycles. The largest absolute Gasteiger partial charge is 0.341 e. The Morgan fingerprint density at radius 3 is 2.74 bits per heavy atom. The van der Waals surface area contributed by atoms with Gasteiger partial charge in [-0.1, -0.05) is 6.07 Å². The zero-order valence-electron chi connectivity index (χ0n) is 11.7. The fourth-order valence-electron chi connectivity index (χ4n) is 2.28. The second-order valence-corrected chi connectivity index (χ2v) is 5.13. The fraction of sp³-hybridized carbons (Fsp3) is 0.400. The highest BCUT2D eigenvalue weighted by Crippen LogP contribution is 2.16. The number of fused-ring (bicyclic) bond motifs is 1. The van der Waals surface area contributed by atoms with Crippen LogP contribution in [0.1, 0.15) is 19.4 Å². The minimum atomic E-state index is -0.446. The number of hydrogen-bond acceptors (Lipinski definition) is 2. The third kappa shape index (κ3) is 2.79. The van der Waals surface area contributed by atoms with Gasteiger partial charge in [0.05, 0.1) is 6.04 Å². The molecule has 0 radical (unpaired) electrons. The van der Waals surface area contributed by atoms with Gasteiger partial charge in [-0.2, -0.15) is 0 Å². The number of hydrogen-bond donors (Lipinski definition) is 1. The molecular weight excluding hydrogens is 238 g/mol. The molecule has 2 N–H and O–H groups in total. The van der Waals surface area contributed by atoms with Crippen molar-refractivity contribution >= 4 is 11.4 Å². The normalized spacial score (nSPS) is 14.3. The fourth-order valence-corrected chi connectivity index (χ4v) is 2.28. The molecule has 4 nitrogen and oxygen atoms in total.